The molecule has 10 nitrogen and oxygen atoms in total. The Morgan fingerprint density at radius 1 is 1.00 bits per heavy atom. The van der Waals surface area contributed by atoms with Gasteiger partial charge in [-0.25, -0.2) is 9.78 Å². The Balaban J connectivity index is 1.64. The molecule has 0 aliphatic carbocycles. The molecule has 3 heterocycles. The van der Waals surface area contributed by atoms with Crippen LogP contribution in [-0.2, 0) is 17.7 Å². The van der Waals surface area contributed by atoms with Crippen molar-refractivity contribution in [2.24, 2.45) is 0 Å². The predicted molar refractivity (Wildman–Crippen MR) is 127 cm³/mol. The van der Waals surface area contributed by atoms with E-state index in [1.165, 1.54) is 0 Å². The summed E-state index contributed by atoms with van der Waals surface area (Å²) in [5, 5.41) is 9.04. The van der Waals surface area contributed by atoms with Crippen molar-refractivity contribution in [1.82, 2.24) is 24.3 Å². The highest BCUT2D eigenvalue weighted by molar-refractivity contribution is 5.89. The smallest absolute Gasteiger partial charge is 0.358 e. The first-order valence-corrected chi connectivity index (χ1v) is 11.1. The van der Waals surface area contributed by atoms with Crippen LogP contribution in [0.3, 0.4) is 0 Å². The summed E-state index contributed by atoms with van der Waals surface area (Å²) < 4.78 is 25.4. The van der Waals surface area contributed by atoms with Crippen LogP contribution in [0.2, 0.25) is 0 Å². The van der Waals surface area contributed by atoms with Gasteiger partial charge in [-0.1, -0.05) is 6.07 Å². The number of hydrogen-bond donors (Lipinski definition) is 0. The lowest BCUT2D eigenvalue weighted by atomic mass is 10.1. The van der Waals surface area contributed by atoms with Crippen molar-refractivity contribution in [1.29, 1.82) is 0 Å². The van der Waals surface area contributed by atoms with Gasteiger partial charge in [-0.05, 0) is 42.8 Å². The first-order chi connectivity index (χ1) is 17.1. The first-order valence-electron chi connectivity index (χ1n) is 11.1. The highest BCUT2D eigenvalue weighted by Crippen LogP contribution is 2.35. The van der Waals surface area contributed by atoms with Crippen molar-refractivity contribution in [3.63, 3.8) is 0 Å². The fourth-order valence-corrected chi connectivity index (χ4v) is 4.29. The van der Waals surface area contributed by atoms with Crippen LogP contribution in [0.1, 0.15) is 34.5 Å². The second-order valence-corrected chi connectivity index (χ2v) is 7.91. The minimum Gasteiger partial charge on any atom is -0.497 e. The maximum Gasteiger partial charge on any atom is 0.358 e. The van der Waals surface area contributed by atoms with E-state index in [4.69, 9.17) is 18.9 Å². The maximum atomic E-state index is 12.7. The molecule has 4 aromatic rings. The molecule has 2 aromatic heterocycles. The number of ether oxygens (including phenoxy) is 4. The standard InChI is InChI=1S/C25H25N5O5/c1-5-35-25(31)23-19-13-29-22(11-15-6-9-20(33-3)21(10-15)34-4)27-28-24(29)17-12-16(32-2)7-8-18(17)30(19)14-26-23/h6-10,12,14H,5,11,13H2,1-4H3. The molecule has 0 spiro atoms. The van der Waals surface area contributed by atoms with E-state index in [0.29, 0.717) is 41.7 Å². The molecule has 0 amide bonds. The van der Waals surface area contributed by atoms with Crippen molar-refractivity contribution in [3.05, 3.63) is 65.5 Å². The van der Waals surface area contributed by atoms with Gasteiger partial charge in [-0.2, -0.15) is 0 Å². The highest BCUT2D eigenvalue weighted by Gasteiger charge is 2.29. The molecule has 35 heavy (non-hydrogen) atoms. The summed E-state index contributed by atoms with van der Waals surface area (Å²) in [6.45, 7) is 2.38. The van der Waals surface area contributed by atoms with Gasteiger partial charge in [0.25, 0.3) is 0 Å². The third-order valence-corrected chi connectivity index (χ3v) is 5.98. The van der Waals surface area contributed by atoms with Crippen molar-refractivity contribution >= 4 is 5.97 Å². The Kier molecular flexibility index (Phi) is 5.86. The number of rotatable bonds is 7. The van der Waals surface area contributed by atoms with Gasteiger partial charge in [0.15, 0.2) is 23.0 Å². The first kappa shape index (κ1) is 22.5. The van der Waals surface area contributed by atoms with Gasteiger partial charge in [-0.3, -0.25) is 4.57 Å². The summed E-state index contributed by atoms with van der Waals surface area (Å²) in [5.74, 6) is 2.92. The van der Waals surface area contributed by atoms with E-state index >= 15 is 0 Å². The van der Waals surface area contributed by atoms with E-state index in [9.17, 15) is 4.79 Å². The van der Waals surface area contributed by atoms with Crippen LogP contribution in [0.5, 0.6) is 17.2 Å². The number of hydrogen-bond acceptors (Lipinski definition) is 8. The summed E-state index contributed by atoms with van der Waals surface area (Å²) in [6, 6.07) is 11.4. The average Bonchev–Trinajstić information content (AvgIpc) is 3.45. The predicted octanol–water partition coefficient (Wildman–Crippen LogP) is 3.29. The number of carbonyl (C=O) groups excluding carboxylic acids is 1. The van der Waals surface area contributed by atoms with Crippen LogP contribution < -0.4 is 14.2 Å². The number of aromatic nitrogens is 5. The molecule has 1 aliphatic heterocycles. The fourth-order valence-electron chi connectivity index (χ4n) is 4.29. The zero-order valence-corrected chi connectivity index (χ0v) is 19.9. The largest absolute Gasteiger partial charge is 0.497 e. The van der Waals surface area contributed by atoms with Gasteiger partial charge >= 0.3 is 5.97 Å². The number of methoxy groups -OCH3 is 3. The van der Waals surface area contributed by atoms with Gasteiger partial charge in [0, 0.05) is 12.0 Å². The van der Waals surface area contributed by atoms with Crippen molar-refractivity contribution in [2.45, 2.75) is 19.9 Å². The van der Waals surface area contributed by atoms with Gasteiger partial charge in [0.05, 0.1) is 45.9 Å². The van der Waals surface area contributed by atoms with Gasteiger partial charge < -0.3 is 23.5 Å². The van der Waals surface area contributed by atoms with E-state index in [2.05, 4.69) is 15.2 Å². The van der Waals surface area contributed by atoms with Crippen molar-refractivity contribution < 1.29 is 23.7 Å². The quantitative estimate of drug-likeness (QED) is 0.331. The number of fused-ring (bicyclic) bond motifs is 5. The Bertz CT molecular complexity index is 1410. The van der Waals surface area contributed by atoms with E-state index in [0.717, 1.165) is 22.6 Å². The topological polar surface area (TPSA) is 103 Å². The molecule has 5 rings (SSSR count). The Hall–Kier alpha value is -4.34. The summed E-state index contributed by atoms with van der Waals surface area (Å²) >= 11 is 0. The summed E-state index contributed by atoms with van der Waals surface area (Å²) in [4.78, 5) is 17.1. The molecule has 0 atom stereocenters. The normalized spacial score (nSPS) is 11.7. The molecule has 0 N–H and O–H groups in total. The molecule has 1 aliphatic rings. The Morgan fingerprint density at radius 2 is 1.83 bits per heavy atom. The molecule has 0 unspecified atom stereocenters. The Morgan fingerprint density at radius 3 is 2.57 bits per heavy atom. The van der Waals surface area contributed by atoms with Crippen LogP contribution in [0.4, 0.5) is 0 Å². The molecular weight excluding hydrogens is 450 g/mol. The molecular formula is C25H25N5O5. The number of imidazole rings is 1. The molecule has 180 valence electrons. The fraction of sp³-hybridized carbons (Fsp3) is 0.280. The van der Waals surface area contributed by atoms with Crippen molar-refractivity contribution in [3.8, 4) is 34.3 Å². The van der Waals surface area contributed by atoms with Crippen molar-refractivity contribution in [2.75, 3.05) is 27.9 Å². The lowest BCUT2D eigenvalue weighted by Crippen LogP contribution is -2.14. The Labute approximate surface area is 202 Å². The van der Waals surface area contributed by atoms with Gasteiger partial charge in [0.1, 0.15) is 17.9 Å². The van der Waals surface area contributed by atoms with Crippen LogP contribution >= 0.6 is 0 Å². The maximum absolute atomic E-state index is 12.7. The number of esters is 1. The molecule has 2 aromatic carbocycles. The van der Waals surface area contributed by atoms with Gasteiger partial charge in [-0.15, -0.1) is 10.2 Å². The van der Waals surface area contributed by atoms with E-state index in [1.807, 2.05) is 45.5 Å². The average molecular weight is 476 g/mol. The third-order valence-electron chi connectivity index (χ3n) is 5.98. The molecule has 0 saturated carbocycles. The molecule has 10 heteroatoms. The zero-order valence-electron chi connectivity index (χ0n) is 19.9. The van der Waals surface area contributed by atoms with Crippen LogP contribution in [0.15, 0.2) is 42.7 Å². The lowest BCUT2D eigenvalue weighted by Gasteiger charge is -2.11. The highest BCUT2D eigenvalue weighted by atomic mass is 16.5. The minimum atomic E-state index is -0.464. The number of nitrogens with zero attached hydrogens (tertiary/aromatic N) is 5. The summed E-state index contributed by atoms with van der Waals surface area (Å²) in [5.41, 5.74) is 3.59. The second-order valence-electron chi connectivity index (χ2n) is 7.91. The second kappa shape index (κ2) is 9.13. The van der Waals surface area contributed by atoms with E-state index < -0.39 is 5.97 Å². The molecule has 0 saturated heterocycles. The zero-order chi connectivity index (χ0) is 24.5. The van der Waals surface area contributed by atoms with E-state index in [1.54, 1.807) is 34.6 Å². The summed E-state index contributed by atoms with van der Waals surface area (Å²) in [6.07, 6.45) is 2.14. The summed E-state index contributed by atoms with van der Waals surface area (Å²) in [7, 11) is 4.83. The molecule has 0 bridgehead atoms. The monoisotopic (exact) mass is 475 g/mol. The third kappa shape index (κ3) is 3.86. The van der Waals surface area contributed by atoms with Crippen LogP contribution in [0, 0.1) is 0 Å². The van der Waals surface area contributed by atoms with E-state index in [-0.39, 0.29) is 12.3 Å². The lowest BCUT2D eigenvalue weighted by molar-refractivity contribution is 0.0518. The van der Waals surface area contributed by atoms with Crippen LogP contribution in [0.25, 0.3) is 17.1 Å². The molecule has 0 radical (unpaired) electrons. The number of carbonyl (C=O) groups is 1. The SMILES string of the molecule is CCOC(=O)c1ncn2c1Cn1c(Cc3ccc(OC)c(OC)c3)nnc1-c1cc(OC)ccc1-2. The number of benzene rings is 2. The van der Waals surface area contributed by atoms with Gasteiger partial charge in [0.2, 0.25) is 0 Å². The molecule has 0 fully saturated rings. The van der Waals surface area contributed by atoms with Crippen LogP contribution in [-0.4, -0.2) is 58.2 Å². The minimum absolute atomic E-state index is 0.265.